The van der Waals surface area contributed by atoms with Crippen LogP contribution in [0.5, 0.6) is 0 Å². The molecule has 0 spiro atoms. The normalized spacial score (nSPS) is 15.8. The summed E-state index contributed by atoms with van der Waals surface area (Å²) in [4.78, 5) is 32.3. The number of hydrogen-bond donors (Lipinski definition) is 0. The lowest BCUT2D eigenvalue weighted by Gasteiger charge is -2.42. The van der Waals surface area contributed by atoms with Gasteiger partial charge < -0.3 is 0 Å². The van der Waals surface area contributed by atoms with Crippen LogP contribution in [0.15, 0.2) is 84.9 Å². The van der Waals surface area contributed by atoms with Crippen molar-refractivity contribution in [2.45, 2.75) is 128 Å². The van der Waals surface area contributed by atoms with Gasteiger partial charge in [0.25, 0.3) is 0 Å². The molecule has 3 aromatic heterocycles. The maximum atomic E-state index is 5.70. The minimum Gasteiger partial charge on any atom is -0.243 e. The average molecular weight is 871 g/mol. The molecule has 0 radical (unpaired) electrons. The summed E-state index contributed by atoms with van der Waals surface area (Å²) < 4.78 is 0. The Balaban J connectivity index is 1.37. The highest BCUT2D eigenvalue weighted by atomic mass is 28.3. The Morgan fingerprint density at radius 1 is 0.359 bits per heavy atom. The van der Waals surface area contributed by atoms with Crippen LogP contribution >= 0.6 is 0 Å². The fraction of sp³-hybridized carbons (Fsp3) is 0.357. The molecule has 0 aliphatic heterocycles. The van der Waals surface area contributed by atoms with Gasteiger partial charge in [0.1, 0.15) is 38.2 Å². The molecule has 0 unspecified atom stereocenters. The molecule has 320 valence electrons. The van der Waals surface area contributed by atoms with Gasteiger partial charge in [0, 0.05) is 11.8 Å². The predicted octanol–water partition coefficient (Wildman–Crippen LogP) is 13.9. The molecule has 0 N–H and O–H groups in total. The lowest BCUT2D eigenvalue weighted by Crippen LogP contribution is -2.43. The summed E-state index contributed by atoms with van der Waals surface area (Å²) in [5.41, 5.74) is 27.4. The van der Waals surface area contributed by atoms with E-state index in [2.05, 4.69) is 167 Å². The molecular weight excluding hydrogens is 813 g/mol. The molecule has 5 aromatic carbocycles. The van der Waals surface area contributed by atoms with E-state index >= 15 is 0 Å². The van der Waals surface area contributed by atoms with E-state index < -0.39 is 16.1 Å². The van der Waals surface area contributed by atoms with Gasteiger partial charge in [-0.05, 0) is 90.9 Å². The number of benzene rings is 5. The van der Waals surface area contributed by atoms with Gasteiger partial charge in [-0.2, -0.15) is 0 Å². The standard InChI is InChI=1S/C56H58N6Si2/c1-31(2)63(32(3)4,33(5)6)27-25-41-51-52(58-48-30-44-43(29-47(48)57-51)49-37-19-13-15-21-39(37)50(44)40-22-16-14-20-38(40)49)42(26-28-64(34(7)8,35(9)10)36(11)12)54-53(41)61-55-56(62-54)60-46-24-18-17-23-45(46)59-55/h13-24,29-36,49-50H,1-12H3. The van der Waals surface area contributed by atoms with Crippen molar-refractivity contribution in [2.75, 3.05) is 0 Å². The van der Waals surface area contributed by atoms with Gasteiger partial charge in [0.15, 0.2) is 11.3 Å². The van der Waals surface area contributed by atoms with E-state index in [0.29, 0.717) is 55.6 Å². The molecule has 64 heavy (non-hydrogen) atoms. The number of para-hydroxylation sites is 2. The van der Waals surface area contributed by atoms with Crippen molar-refractivity contribution in [3.63, 3.8) is 0 Å². The van der Waals surface area contributed by atoms with E-state index in [1.54, 1.807) is 0 Å². The van der Waals surface area contributed by atoms with Crippen molar-refractivity contribution >= 4 is 71.6 Å². The predicted molar refractivity (Wildman–Crippen MR) is 271 cm³/mol. The SMILES string of the molecule is CC(C)[Si](C#Cc1c2nc3cc4c(cc3nc2c(C#C[Si](C(C)C)(C(C)C)C(C)C)c2nc3nc5ccccc5nc3nc12)C1c2ccccc2C4c2ccccc21)(C(C)C)C(C)C. The van der Waals surface area contributed by atoms with Gasteiger partial charge in [0.2, 0.25) is 0 Å². The van der Waals surface area contributed by atoms with Crippen LogP contribution < -0.4 is 0 Å². The highest BCUT2D eigenvalue weighted by molar-refractivity contribution is 6.91. The third kappa shape index (κ3) is 6.12. The van der Waals surface area contributed by atoms with Crippen molar-refractivity contribution in [2.24, 2.45) is 0 Å². The quantitative estimate of drug-likeness (QED) is 0.0941. The molecule has 11 rings (SSSR count). The van der Waals surface area contributed by atoms with E-state index in [0.717, 1.165) is 44.2 Å². The highest BCUT2D eigenvalue weighted by Crippen LogP contribution is 2.56. The molecule has 6 nitrogen and oxygen atoms in total. The van der Waals surface area contributed by atoms with Gasteiger partial charge in [0.05, 0.1) is 33.2 Å². The Morgan fingerprint density at radius 3 is 0.969 bits per heavy atom. The molecule has 0 amide bonds. The zero-order valence-corrected chi connectivity index (χ0v) is 41.4. The first-order valence-corrected chi connectivity index (χ1v) is 27.9. The monoisotopic (exact) mass is 870 g/mol. The Bertz CT molecular complexity index is 3050. The third-order valence-electron chi connectivity index (χ3n) is 15.4. The fourth-order valence-electron chi connectivity index (χ4n) is 12.5. The molecule has 8 aromatic rings. The molecule has 8 heteroatoms. The maximum Gasteiger partial charge on any atom is 0.199 e. The zero-order chi connectivity index (χ0) is 45.0. The Kier molecular flexibility index (Phi) is 10.2. The van der Waals surface area contributed by atoms with Crippen molar-refractivity contribution in [3.8, 4) is 22.9 Å². The van der Waals surface area contributed by atoms with Gasteiger partial charge in [-0.15, -0.1) is 11.1 Å². The van der Waals surface area contributed by atoms with Crippen molar-refractivity contribution in [3.05, 3.63) is 129 Å². The first kappa shape index (κ1) is 42.2. The summed E-state index contributed by atoms with van der Waals surface area (Å²) in [6.07, 6.45) is 0. The molecule has 3 aliphatic rings. The average Bonchev–Trinajstić information content (AvgIpc) is 3.26. The van der Waals surface area contributed by atoms with Gasteiger partial charge >= 0.3 is 0 Å². The lowest BCUT2D eigenvalue weighted by atomic mass is 9.61. The van der Waals surface area contributed by atoms with Crippen LogP contribution in [0.3, 0.4) is 0 Å². The number of hydrogen-bond acceptors (Lipinski definition) is 6. The van der Waals surface area contributed by atoms with Crippen LogP contribution in [0, 0.1) is 22.9 Å². The van der Waals surface area contributed by atoms with Crippen LogP contribution in [0.2, 0.25) is 33.2 Å². The van der Waals surface area contributed by atoms with Crippen molar-refractivity contribution < 1.29 is 0 Å². The summed E-state index contributed by atoms with van der Waals surface area (Å²) in [5, 5.41) is 0. The minimum atomic E-state index is -2.22. The van der Waals surface area contributed by atoms with Crippen LogP contribution in [-0.2, 0) is 0 Å². The van der Waals surface area contributed by atoms with E-state index in [-0.39, 0.29) is 11.8 Å². The molecule has 0 atom stereocenters. The van der Waals surface area contributed by atoms with E-state index in [1.807, 2.05) is 24.3 Å². The molecule has 2 bridgehead atoms. The van der Waals surface area contributed by atoms with E-state index in [9.17, 15) is 0 Å². The van der Waals surface area contributed by atoms with Gasteiger partial charge in [-0.25, -0.2) is 29.9 Å². The van der Waals surface area contributed by atoms with Crippen LogP contribution in [0.4, 0.5) is 0 Å². The number of nitrogens with zero attached hydrogens (tertiary/aromatic N) is 6. The molecular formula is C56H58N6Si2. The maximum absolute atomic E-state index is 5.70. The Morgan fingerprint density at radius 2 is 0.656 bits per heavy atom. The second-order valence-electron chi connectivity index (χ2n) is 20.3. The second kappa shape index (κ2) is 15.4. The topological polar surface area (TPSA) is 77.3 Å². The summed E-state index contributed by atoms with van der Waals surface area (Å²) >= 11 is 0. The molecule has 0 fully saturated rings. The first-order valence-electron chi connectivity index (χ1n) is 23.5. The molecule has 3 heterocycles. The number of rotatable bonds is 6. The van der Waals surface area contributed by atoms with Gasteiger partial charge in [-0.1, -0.05) is 156 Å². The zero-order valence-electron chi connectivity index (χ0n) is 39.4. The largest absolute Gasteiger partial charge is 0.243 e. The van der Waals surface area contributed by atoms with E-state index in [4.69, 9.17) is 29.9 Å². The van der Waals surface area contributed by atoms with Crippen LogP contribution in [0.25, 0.3) is 55.4 Å². The van der Waals surface area contributed by atoms with Gasteiger partial charge in [-0.3, -0.25) is 0 Å². The van der Waals surface area contributed by atoms with Crippen molar-refractivity contribution in [1.29, 1.82) is 0 Å². The van der Waals surface area contributed by atoms with Crippen LogP contribution in [-0.4, -0.2) is 46.1 Å². The van der Waals surface area contributed by atoms with E-state index in [1.165, 1.54) is 33.4 Å². The number of fused-ring (bicyclic) bond motifs is 5. The smallest absolute Gasteiger partial charge is 0.199 e. The molecule has 0 saturated carbocycles. The van der Waals surface area contributed by atoms with Crippen molar-refractivity contribution in [1.82, 2.24) is 29.9 Å². The Hall–Kier alpha value is -5.81. The van der Waals surface area contributed by atoms with Crippen LogP contribution in [0.1, 0.15) is 139 Å². The second-order valence-corrected chi connectivity index (χ2v) is 31.5. The Labute approximate surface area is 380 Å². The molecule has 3 aliphatic carbocycles. The highest BCUT2D eigenvalue weighted by Gasteiger charge is 2.44. The minimum absolute atomic E-state index is 0.119. The summed E-state index contributed by atoms with van der Waals surface area (Å²) in [7, 11) is -4.45. The third-order valence-corrected chi connectivity index (χ3v) is 28.0. The summed E-state index contributed by atoms with van der Waals surface area (Å²) in [5.74, 6) is 7.98. The fourth-order valence-corrected chi connectivity index (χ4v) is 22.9. The number of aromatic nitrogens is 6. The summed E-state index contributed by atoms with van der Waals surface area (Å²) in [6, 6.07) is 30.5. The summed E-state index contributed by atoms with van der Waals surface area (Å²) in [6.45, 7) is 28.3. The first-order chi connectivity index (χ1) is 30.7. The lowest BCUT2D eigenvalue weighted by molar-refractivity contribution is 0.756. The molecule has 0 saturated heterocycles.